The average Bonchev–Trinajstić information content (AvgIpc) is 2.67. The largest absolute Gasteiger partial charge is 0.485 e. The van der Waals surface area contributed by atoms with E-state index >= 15 is 0 Å². The molecule has 1 atom stereocenters. The zero-order valence-corrected chi connectivity index (χ0v) is 14.7. The molecule has 0 unspecified atom stereocenters. The Morgan fingerprint density at radius 1 is 1.12 bits per heavy atom. The van der Waals surface area contributed by atoms with Crippen molar-refractivity contribution in [3.63, 3.8) is 0 Å². The van der Waals surface area contributed by atoms with E-state index in [1.165, 1.54) is 0 Å². The van der Waals surface area contributed by atoms with Crippen LogP contribution in [0.25, 0.3) is 0 Å². The van der Waals surface area contributed by atoms with Gasteiger partial charge in [-0.1, -0.05) is 30.3 Å². The van der Waals surface area contributed by atoms with Crippen molar-refractivity contribution < 1.29 is 28.5 Å². The maximum atomic E-state index is 12.4. The molecule has 6 heteroatoms. The lowest BCUT2D eigenvalue weighted by molar-refractivity contribution is -0.153. The van der Waals surface area contributed by atoms with E-state index in [1.54, 1.807) is 26.0 Å². The van der Waals surface area contributed by atoms with E-state index in [0.717, 1.165) is 5.56 Å². The Hall–Kier alpha value is -3.02. The van der Waals surface area contributed by atoms with Crippen molar-refractivity contribution in [1.82, 2.24) is 0 Å². The summed E-state index contributed by atoms with van der Waals surface area (Å²) in [7, 11) is 0. The number of fused-ring (bicyclic) bond motifs is 1. The summed E-state index contributed by atoms with van der Waals surface area (Å²) in [5.74, 6) is -0.100. The van der Waals surface area contributed by atoms with Gasteiger partial charge in [-0.25, -0.2) is 9.59 Å². The molecule has 26 heavy (non-hydrogen) atoms. The Morgan fingerprint density at radius 3 is 2.62 bits per heavy atom. The Morgan fingerprint density at radius 2 is 1.88 bits per heavy atom. The van der Waals surface area contributed by atoms with Crippen molar-refractivity contribution >= 4 is 11.9 Å². The highest BCUT2D eigenvalue weighted by atomic mass is 16.6. The summed E-state index contributed by atoms with van der Waals surface area (Å²) >= 11 is 0. The van der Waals surface area contributed by atoms with Crippen LogP contribution in [0, 0.1) is 6.92 Å². The number of hydrogen-bond donors (Lipinski definition) is 0. The van der Waals surface area contributed by atoms with Crippen LogP contribution in [0.1, 0.15) is 28.4 Å². The van der Waals surface area contributed by atoms with E-state index in [0.29, 0.717) is 22.6 Å². The summed E-state index contributed by atoms with van der Waals surface area (Å²) in [4.78, 5) is 24.3. The van der Waals surface area contributed by atoms with E-state index in [1.807, 2.05) is 30.3 Å². The van der Waals surface area contributed by atoms with Gasteiger partial charge in [-0.2, -0.15) is 0 Å². The molecule has 0 spiro atoms. The third-order valence-corrected chi connectivity index (χ3v) is 4.00. The van der Waals surface area contributed by atoms with Gasteiger partial charge in [-0.3, -0.25) is 0 Å². The lowest BCUT2D eigenvalue weighted by Gasteiger charge is -2.27. The van der Waals surface area contributed by atoms with Crippen molar-refractivity contribution in [2.24, 2.45) is 0 Å². The lowest BCUT2D eigenvalue weighted by atomic mass is 10.1. The van der Waals surface area contributed by atoms with Crippen LogP contribution in [0.5, 0.6) is 11.5 Å². The quantitative estimate of drug-likeness (QED) is 0.767. The van der Waals surface area contributed by atoms with E-state index in [4.69, 9.17) is 18.9 Å². The number of esters is 2. The molecular formula is C20H20O6. The first-order chi connectivity index (χ1) is 12.6. The van der Waals surface area contributed by atoms with Gasteiger partial charge < -0.3 is 18.9 Å². The molecule has 136 valence electrons. The molecule has 2 aromatic rings. The molecule has 0 bridgehead atoms. The monoisotopic (exact) mass is 356 g/mol. The smallest absolute Gasteiger partial charge is 0.350 e. The Labute approximate surface area is 151 Å². The molecule has 0 saturated carbocycles. The maximum absolute atomic E-state index is 12.4. The summed E-state index contributed by atoms with van der Waals surface area (Å²) in [5.41, 5.74) is 1.83. The van der Waals surface area contributed by atoms with E-state index in [9.17, 15) is 9.59 Å². The van der Waals surface area contributed by atoms with Crippen LogP contribution in [0.2, 0.25) is 0 Å². The van der Waals surface area contributed by atoms with Crippen molar-refractivity contribution in [1.29, 1.82) is 0 Å². The minimum atomic E-state index is -0.850. The predicted octanol–water partition coefficient (Wildman–Crippen LogP) is 3.05. The minimum absolute atomic E-state index is 0.0725. The topological polar surface area (TPSA) is 71.1 Å². The standard InChI is InChI=1S/C20H20O6/c1-3-23-20(22)17-12-24-16-10-9-15(13(2)18(16)26-17)19(21)25-11-14-7-5-4-6-8-14/h4-10,17H,3,11-12H2,1-2H3/t17-/m0/s1. The van der Waals surface area contributed by atoms with E-state index in [-0.39, 0.29) is 19.8 Å². The summed E-state index contributed by atoms with van der Waals surface area (Å²) in [6, 6.07) is 12.7. The SMILES string of the molecule is CCOC(=O)[C@@H]1COc2ccc(C(=O)OCc3ccccc3)c(C)c2O1. The van der Waals surface area contributed by atoms with Gasteiger partial charge in [0.25, 0.3) is 0 Å². The van der Waals surface area contributed by atoms with Crippen LogP contribution in [0.3, 0.4) is 0 Å². The number of carbonyl (C=O) groups is 2. The fourth-order valence-corrected chi connectivity index (χ4v) is 2.64. The molecule has 1 aliphatic rings. The van der Waals surface area contributed by atoms with Gasteiger partial charge in [0.2, 0.25) is 6.10 Å². The summed E-state index contributed by atoms with van der Waals surface area (Å²) < 4.78 is 21.6. The van der Waals surface area contributed by atoms with Crippen LogP contribution in [-0.2, 0) is 20.9 Å². The zero-order valence-electron chi connectivity index (χ0n) is 14.7. The molecule has 1 heterocycles. The molecule has 1 aliphatic heterocycles. The zero-order chi connectivity index (χ0) is 18.5. The number of carbonyl (C=O) groups excluding carboxylic acids is 2. The fraction of sp³-hybridized carbons (Fsp3) is 0.300. The van der Waals surface area contributed by atoms with Crippen molar-refractivity contribution in [2.45, 2.75) is 26.6 Å². The Bertz CT molecular complexity index is 799. The highest BCUT2D eigenvalue weighted by molar-refractivity contribution is 5.92. The number of ether oxygens (including phenoxy) is 4. The normalized spacial score (nSPS) is 15.2. The predicted molar refractivity (Wildman–Crippen MR) is 93.3 cm³/mol. The van der Waals surface area contributed by atoms with Gasteiger partial charge in [0.05, 0.1) is 12.2 Å². The number of rotatable bonds is 5. The second kappa shape index (κ2) is 7.91. The van der Waals surface area contributed by atoms with Crippen molar-refractivity contribution in [3.8, 4) is 11.5 Å². The first-order valence-corrected chi connectivity index (χ1v) is 8.41. The summed E-state index contributed by atoms with van der Waals surface area (Å²) in [6.07, 6.45) is -0.850. The van der Waals surface area contributed by atoms with Gasteiger partial charge in [0, 0.05) is 5.56 Å². The van der Waals surface area contributed by atoms with E-state index < -0.39 is 18.0 Å². The van der Waals surface area contributed by atoms with Gasteiger partial charge in [-0.15, -0.1) is 0 Å². The van der Waals surface area contributed by atoms with Gasteiger partial charge >= 0.3 is 11.9 Å². The van der Waals surface area contributed by atoms with Crippen LogP contribution in [-0.4, -0.2) is 31.3 Å². The fourth-order valence-electron chi connectivity index (χ4n) is 2.64. The second-order valence-corrected chi connectivity index (χ2v) is 5.80. The highest BCUT2D eigenvalue weighted by Crippen LogP contribution is 2.37. The van der Waals surface area contributed by atoms with Crippen LogP contribution in [0.4, 0.5) is 0 Å². The molecule has 0 radical (unpaired) electrons. The first kappa shape index (κ1) is 17.8. The molecule has 2 aromatic carbocycles. The van der Waals surface area contributed by atoms with Crippen LogP contribution in [0.15, 0.2) is 42.5 Å². The Kier molecular flexibility index (Phi) is 5.41. The molecule has 0 fully saturated rings. The summed E-state index contributed by atoms with van der Waals surface area (Å²) in [6.45, 7) is 3.97. The summed E-state index contributed by atoms with van der Waals surface area (Å²) in [5, 5.41) is 0. The van der Waals surface area contributed by atoms with Crippen molar-refractivity contribution in [3.05, 3.63) is 59.2 Å². The molecule has 0 saturated heterocycles. The second-order valence-electron chi connectivity index (χ2n) is 5.80. The average molecular weight is 356 g/mol. The molecule has 0 N–H and O–H groups in total. The van der Waals surface area contributed by atoms with Crippen LogP contribution >= 0.6 is 0 Å². The number of benzene rings is 2. The molecule has 0 amide bonds. The third-order valence-electron chi connectivity index (χ3n) is 4.00. The number of hydrogen-bond acceptors (Lipinski definition) is 6. The van der Waals surface area contributed by atoms with Gasteiger partial charge in [0.15, 0.2) is 11.5 Å². The van der Waals surface area contributed by atoms with Crippen LogP contribution < -0.4 is 9.47 Å². The highest BCUT2D eigenvalue weighted by Gasteiger charge is 2.31. The minimum Gasteiger partial charge on any atom is -0.485 e. The molecular weight excluding hydrogens is 336 g/mol. The molecule has 3 rings (SSSR count). The Balaban J connectivity index is 1.75. The van der Waals surface area contributed by atoms with Gasteiger partial charge in [-0.05, 0) is 31.5 Å². The lowest BCUT2D eigenvalue weighted by Crippen LogP contribution is -2.38. The molecule has 0 aliphatic carbocycles. The van der Waals surface area contributed by atoms with E-state index in [2.05, 4.69) is 0 Å². The first-order valence-electron chi connectivity index (χ1n) is 8.41. The van der Waals surface area contributed by atoms with Gasteiger partial charge in [0.1, 0.15) is 13.2 Å². The van der Waals surface area contributed by atoms with Crippen molar-refractivity contribution in [2.75, 3.05) is 13.2 Å². The molecule has 6 nitrogen and oxygen atoms in total. The maximum Gasteiger partial charge on any atom is 0.350 e. The molecule has 0 aromatic heterocycles. The third kappa shape index (κ3) is 3.79.